The molecule has 5 heteroatoms. The summed E-state index contributed by atoms with van der Waals surface area (Å²) in [7, 11) is 0. The third-order valence-electron chi connectivity index (χ3n) is 3.36. The van der Waals surface area contributed by atoms with Gasteiger partial charge in [-0.05, 0) is 67.0 Å². The van der Waals surface area contributed by atoms with Crippen molar-refractivity contribution in [3.05, 3.63) is 60.3 Å². The average molecular weight is 309 g/mol. The van der Waals surface area contributed by atoms with Crippen LogP contribution in [0.3, 0.4) is 0 Å². The smallest absolute Gasteiger partial charge is 0.175 e. The Balaban J connectivity index is 1.67. The number of carbonyl (C=O) groups is 1. The van der Waals surface area contributed by atoms with E-state index in [1.165, 1.54) is 0 Å². The molecule has 1 aromatic heterocycles. The number of benzene rings is 2. The van der Waals surface area contributed by atoms with E-state index in [-0.39, 0.29) is 5.78 Å². The molecule has 3 aromatic rings. The van der Waals surface area contributed by atoms with Crippen LogP contribution in [0.2, 0.25) is 0 Å². The molecule has 3 N–H and O–H groups in total. The summed E-state index contributed by atoms with van der Waals surface area (Å²) in [6.07, 6.45) is 1.90. The molecule has 22 heavy (non-hydrogen) atoms. The van der Waals surface area contributed by atoms with Crippen molar-refractivity contribution in [1.29, 1.82) is 0 Å². The molecular formula is C17H15N3OS. The second-order valence-electron chi connectivity index (χ2n) is 4.99. The molecule has 0 aliphatic rings. The lowest BCUT2D eigenvalue weighted by Gasteiger charge is -2.11. The highest BCUT2D eigenvalue weighted by Crippen LogP contribution is 2.18. The summed E-state index contributed by atoms with van der Waals surface area (Å²) in [5, 5.41) is 7.90. The number of thiocarbonyl (C=S) groups is 1. The number of rotatable bonds is 3. The summed E-state index contributed by atoms with van der Waals surface area (Å²) in [6.45, 7) is 1.55. The molecule has 0 amide bonds. The molecule has 2 aromatic carbocycles. The van der Waals surface area contributed by atoms with Crippen LogP contribution in [-0.4, -0.2) is 15.9 Å². The summed E-state index contributed by atoms with van der Waals surface area (Å²) in [4.78, 5) is 14.4. The van der Waals surface area contributed by atoms with Gasteiger partial charge in [-0.25, -0.2) is 0 Å². The molecule has 110 valence electrons. The third kappa shape index (κ3) is 3.15. The van der Waals surface area contributed by atoms with Gasteiger partial charge in [0.1, 0.15) is 0 Å². The van der Waals surface area contributed by atoms with E-state index < -0.39 is 0 Å². The van der Waals surface area contributed by atoms with Crippen LogP contribution in [0.25, 0.3) is 10.9 Å². The highest BCUT2D eigenvalue weighted by molar-refractivity contribution is 7.80. The van der Waals surface area contributed by atoms with Gasteiger partial charge in [-0.3, -0.25) is 4.79 Å². The summed E-state index contributed by atoms with van der Waals surface area (Å²) in [5.41, 5.74) is 3.48. The van der Waals surface area contributed by atoms with Gasteiger partial charge in [0.25, 0.3) is 0 Å². The molecule has 3 rings (SSSR count). The first-order chi connectivity index (χ1) is 10.6. The second kappa shape index (κ2) is 5.99. The highest BCUT2D eigenvalue weighted by atomic mass is 32.1. The van der Waals surface area contributed by atoms with Crippen LogP contribution in [0.5, 0.6) is 0 Å². The first-order valence-electron chi connectivity index (χ1n) is 6.88. The molecule has 0 unspecified atom stereocenters. The number of hydrogen-bond acceptors (Lipinski definition) is 2. The van der Waals surface area contributed by atoms with E-state index in [1.54, 1.807) is 19.1 Å². The number of carbonyl (C=O) groups excluding carboxylic acids is 1. The van der Waals surface area contributed by atoms with Crippen LogP contribution in [0.4, 0.5) is 11.4 Å². The van der Waals surface area contributed by atoms with Gasteiger partial charge in [-0.1, -0.05) is 6.07 Å². The molecule has 0 aliphatic heterocycles. The highest BCUT2D eigenvalue weighted by Gasteiger charge is 2.02. The largest absolute Gasteiger partial charge is 0.361 e. The molecular weight excluding hydrogens is 294 g/mol. The van der Waals surface area contributed by atoms with Crippen LogP contribution in [0, 0.1) is 0 Å². The molecule has 4 nitrogen and oxygen atoms in total. The molecule has 0 aliphatic carbocycles. The number of hydrogen-bond donors (Lipinski definition) is 3. The normalized spacial score (nSPS) is 10.4. The fraction of sp³-hybridized carbons (Fsp3) is 0.0588. The van der Waals surface area contributed by atoms with Crippen LogP contribution in [-0.2, 0) is 0 Å². The quantitative estimate of drug-likeness (QED) is 0.502. The van der Waals surface area contributed by atoms with Crippen LogP contribution in [0.1, 0.15) is 17.3 Å². The standard InChI is InChI=1S/C17H15N3OS/c1-11(21)12-2-5-14(6-3-12)19-17(22)20-15-7-4-13-8-9-18-16(13)10-15/h2-10,18H,1H3,(H2,19,20,22). The summed E-state index contributed by atoms with van der Waals surface area (Å²) in [6, 6.07) is 15.2. The van der Waals surface area contributed by atoms with Gasteiger partial charge in [0.15, 0.2) is 10.9 Å². The van der Waals surface area contributed by atoms with E-state index in [1.807, 2.05) is 42.6 Å². The van der Waals surface area contributed by atoms with E-state index in [0.717, 1.165) is 22.3 Å². The van der Waals surface area contributed by atoms with Crippen molar-refractivity contribution in [3.8, 4) is 0 Å². The Morgan fingerprint density at radius 1 is 1.00 bits per heavy atom. The molecule has 0 radical (unpaired) electrons. The Labute approximate surface area is 133 Å². The SMILES string of the molecule is CC(=O)c1ccc(NC(=S)Nc2ccc3cc[nH]c3c2)cc1. The average Bonchev–Trinajstić information content (AvgIpc) is 2.95. The maximum absolute atomic E-state index is 11.2. The van der Waals surface area contributed by atoms with E-state index in [9.17, 15) is 4.79 Å². The lowest BCUT2D eigenvalue weighted by molar-refractivity contribution is 0.101. The van der Waals surface area contributed by atoms with Crippen molar-refractivity contribution in [2.45, 2.75) is 6.92 Å². The Kier molecular flexibility index (Phi) is 3.89. The maximum atomic E-state index is 11.2. The minimum absolute atomic E-state index is 0.0477. The lowest BCUT2D eigenvalue weighted by Crippen LogP contribution is -2.19. The summed E-state index contributed by atoms with van der Waals surface area (Å²) < 4.78 is 0. The zero-order valence-electron chi connectivity index (χ0n) is 12.0. The fourth-order valence-electron chi connectivity index (χ4n) is 2.21. The van der Waals surface area contributed by atoms with Gasteiger partial charge in [0.2, 0.25) is 0 Å². The lowest BCUT2D eigenvalue weighted by atomic mass is 10.1. The van der Waals surface area contributed by atoms with E-state index in [2.05, 4.69) is 15.6 Å². The fourth-order valence-corrected chi connectivity index (χ4v) is 2.44. The van der Waals surface area contributed by atoms with Gasteiger partial charge in [-0.15, -0.1) is 0 Å². The van der Waals surface area contributed by atoms with Gasteiger partial charge in [0, 0.05) is 28.7 Å². The summed E-state index contributed by atoms with van der Waals surface area (Å²) in [5.74, 6) is 0.0477. The predicted molar refractivity (Wildman–Crippen MR) is 94.6 cm³/mol. The molecule has 0 bridgehead atoms. The number of aromatic nitrogens is 1. The number of Topliss-reactive ketones (excluding diaryl/α,β-unsaturated/α-hetero) is 1. The zero-order valence-corrected chi connectivity index (χ0v) is 12.8. The minimum Gasteiger partial charge on any atom is -0.361 e. The molecule has 0 saturated carbocycles. The Bertz CT molecular complexity index is 836. The molecule has 0 atom stereocenters. The van der Waals surface area contributed by atoms with Crippen LogP contribution < -0.4 is 10.6 Å². The van der Waals surface area contributed by atoms with Crippen LogP contribution in [0.15, 0.2) is 54.7 Å². The number of nitrogens with one attached hydrogen (secondary N) is 3. The number of anilines is 2. The van der Waals surface area contributed by atoms with E-state index >= 15 is 0 Å². The number of ketones is 1. The third-order valence-corrected chi connectivity index (χ3v) is 3.57. The summed E-state index contributed by atoms with van der Waals surface area (Å²) >= 11 is 5.31. The molecule has 0 spiro atoms. The Morgan fingerprint density at radius 3 is 2.41 bits per heavy atom. The van der Waals surface area contributed by atoms with Crippen molar-refractivity contribution in [1.82, 2.24) is 4.98 Å². The van der Waals surface area contributed by atoms with Gasteiger partial charge in [-0.2, -0.15) is 0 Å². The number of aromatic amines is 1. The topological polar surface area (TPSA) is 56.9 Å². The monoisotopic (exact) mass is 309 g/mol. The first kappa shape index (κ1) is 14.3. The molecule has 0 fully saturated rings. The number of H-pyrrole nitrogens is 1. The first-order valence-corrected chi connectivity index (χ1v) is 7.29. The van der Waals surface area contributed by atoms with E-state index in [0.29, 0.717) is 10.7 Å². The minimum atomic E-state index is 0.0477. The van der Waals surface area contributed by atoms with Crippen molar-refractivity contribution in [2.75, 3.05) is 10.6 Å². The van der Waals surface area contributed by atoms with Gasteiger partial charge < -0.3 is 15.6 Å². The molecule has 0 saturated heterocycles. The van der Waals surface area contributed by atoms with Gasteiger partial charge in [0.05, 0.1) is 0 Å². The Morgan fingerprint density at radius 2 is 1.68 bits per heavy atom. The van der Waals surface area contributed by atoms with Crippen molar-refractivity contribution in [2.24, 2.45) is 0 Å². The Hall–Kier alpha value is -2.66. The van der Waals surface area contributed by atoms with Crippen molar-refractivity contribution < 1.29 is 4.79 Å². The maximum Gasteiger partial charge on any atom is 0.175 e. The van der Waals surface area contributed by atoms with Gasteiger partial charge >= 0.3 is 0 Å². The van der Waals surface area contributed by atoms with E-state index in [4.69, 9.17) is 12.2 Å². The predicted octanol–water partition coefficient (Wildman–Crippen LogP) is 4.18. The second-order valence-corrected chi connectivity index (χ2v) is 5.40. The molecule has 1 heterocycles. The van der Waals surface area contributed by atoms with Crippen LogP contribution >= 0.6 is 12.2 Å². The number of fused-ring (bicyclic) bond motifs is 1. The van der Waals surface area contributed by atoms with Crippen molar-refractivity contribution in [3.63, 3.8) is 0 Å². The zero-order chi connectivity index (χ0) is 15.5. The van der Waals surface area contributed by atoms with Crippen molar-refractivity contribution >= 4 is 45.4 Å².